The van der Waals surface area contributed by atoms with Crippen LogP contribution in [0.15, 0.2) is 78.9 Å². The first-order valence-electron chi connectivity index (χ1n) is 7.33. The number of rotatable bonds is 5. The average Bonchev–Trinajstić information content (AvgIpc) is 2.61. The Hall–Kier alpha value is -3.07. The molecule has 3 nitrogen and oxygen atoms in total. The highest BCUT2D eigenvalue weighted by atomic mass is 16.5. The fourth-order valence-corrected chi connectivity index (χ4v) is 2.41. The van der Waals surface area contributed by atoms with Gasteiger partial charge in [-0.3, -0.25) is 0 Å². The van der Waals surface area contributed by atoms with Gasteiger partial charge in [-0.05, 0) is 29.3 Å². The number of carboxylic acids is 1. The van der Waals surface area contributed by atoms with Gasteiger partial charge < -0.3 is 9.84 Å². The summed E-state index contributed by atoms with van der Waals surface area (Å²) in [6.45, 7) is 0.223. The number of carboxylic acid groups (broad SMARTS) is 1. The van der Waals surface area contributed by atoms with Crippen LogP contribution in [0.1, 0.15) is 15.9 Å². The smallest absolute Gasteiger partial charge is 0.336 e. The molecule has 3 heteroatoms. The van der Waals surface area contributed by atoms with E-state index in [4.69, 9.17) is 4.74 Å². The molecule has 23 heavy (non-hydrogen) atoms. The van der Waals surface area contributed by atoms with Gasteiger partial charge in [0.25, 0.3) is 0 Å². The number of ether oxygens (including phenoxy) is 1. The van der Waals surface area contributed by atoms with Crippen LogP contribution in [-0.4, -0.2) is 11.1 Å². The standard InChI is InChI=1S/C20H16O3/c21-20(22)19-12-5-4-9-17(19)14-23-18-11-6-10-16(13-18)15-7-2-1-3-8-15/h1-13H,14H2,(H,21,22). The van der Waals surface area contributed by atoms with E-state index in [-0.39, 0.29) is 12.2 Å². The monoisotopic (exact) mass is 304 g/mol. The van der Waals surface area contributed by atoms with Crippen molar-refractivity contribution in [2.75, 3.05) is 0 Å². The summed E-state index contributed by atoms with van der Waals surface area (Å²) in [5, 5.41) is 9.20. The molecule has 0 fully saturated rings. The van der Waals surface area contributed by atoms with Crippen LogP contribution in [0.5, 0.6) is 5.75 Å². The van der Waals surface area contributed by atoms with Gasteiger partial charge in [-0.1, -0.05) is 60.7 Å². The predicted molar refractivity (Wildman–Crippen MR) is 89.6 cm³/mol. The van der Waals surface area contributed by atoms with Crippen molar-refractivity contribution in [1.82, 2.24) is 0 Å². The second kappa shape index (κ2) is 6.79. The molecule has 3 rings (SSSR count). The van der Waals surface area contributed by atoms with Crippen LogP contribution in [0.3, 0.4) is 0 Å². The molecule has 0 unspecified atom stereocenters. The molecular formula is C20H16O3. The average molecular weight is 304 g/mol. The normalized spacial score (nSPS) is 10.3. The summed E-state index contributed by atoms with van der Waals surface area (Å²) in [5.41, 5.74) is 3.11. The summed E-state index contributed by atoms with van der Waals surface area (Å²) in [7, 11) is 0. The summed E-state index contributed by atoms with van der Waals surface area (Å²) in [4.78, 5) is 11.2. The van der Waals surface area contributed by atoms with E-state index in [1.807, 2.05) is 60.7 Å². The Morgan fingerprint density at radius 1 is 0.826 bits per heavy atom. The van der Waals surface area contributed by atoms with Crippen molar-refractivity contribution in [2.24, 2.45) is 0 Å². The number of aromatic carboxylic acids is 1. The molecule has 1 N–H and O–H groups in total. The number of carbonyl (C=O) groups is 1. The first-order valence-corrected chi connectivity index (χ1v) is 7.33. The Bertz CT molecular complexity index is 810. The Labute approximate surface area is 134 Å². The zero-order chi connectivity index (χ0) is 16.1. The molecule has 0 aliphatic carbocycles. The lowest BCUT2D eigenvalue weighted by Gasteiger charge is -2.10. The highest BCUT2D eigenvalue weighted by Gasteiger charge is 2.09. The number of hydrogen-bond donors (Lipinski definition) is 1. The molecule has 0 aliphatic rings. The van der Waals surface area contributed by atoms with E-state index in [0.29, 0.717) is 11.3 Å². The van der Waals surface area contributed by atoms with Gasteiger partial charge >= 0.3 is 5.97 Å². The third-order valence-electron chi connectivity index (χ3n) is 3.58. The quantitative estimate of drug-likeness (QED) is 0.747. The topological polar surface area (TPSA) is 46.5 Å². The van der Waals surface area contributed by atoms with Gasteiger partial charge in [0, 0.05) is 5.56 Å². The van der Waals surface area contributed by atoms with Gasteiger partial charge in [0.2, 0.25) is 0 Å². The molecule has 3 aromatic rings. The highest BCUT2D eigenvalue weighted by Crippen LogP contribution is 2.24. The number of hydrogen-bond acceptors (Lipinski definition) is 2. The Morgan fingerprint density at radius 2 is 1.52 bits per heavy atom. The summed E-state index contributed by atoms with van der Waals surface area (Å²) in [6.07, 6.45) is 0. The van der Waals surface area contributed by atoms with Gasteiger partial charge in [-0.15, -0.1) is 0 Å². The molecule has 0 saturated heterocycles. The maximum absolute atomic E-state index is 11.2. The van der Waals surface area contributed by atoms with Gasteiger partial charge in [0.15, 0.2) is 0 Å². The molecule has 0 atom stereocenters. The van der Waals surface area contributed by atoms with Crippen molar-refractivity contribution in [3.8, 4) is 16.9 Å². The second-order valence-corrected chi connectivity index (χ2v) is 5.14. The van der Waals surface area contributed by atoms with E-state index < -0.39 is 5.97 Å². The molecule has 0 amide bonds. The molecule has 0 saturated carbocycles. The Morgan fingerprint density at radius 3 is 2.30 bits per heavy atom. The fourth-order valence-electron chi connectivity index (χ4n) is 2.41. The first kappa shape index (κ1) is 14.9. The zero-order valence-corrected chi connectivity index (χ0v) is 12.5. The van der Waals surface area contributed by atoms with E-state index in [9.17, 15) is 9.90 Å². The van der Waals surface area contributed by atoms with Crippen LogP contribution >= 0.6 is 0 Å². The second-order valence-electron chi connectivity index (χ2n) is 5.14. The van der Waals surface area contributed by atoms with Crippen molar-refractivity contribution in [2.45, 2.75) is 6.61 Å². The van der Waals surface area contributed by atoms with E-state index in [1.165, 1.54) is 0 Å². The molecule has 0 aromatic heterocycles. The van der Waals surface area contributed by atoms with Gasteiger partial charge in [-0.2, -0.15) is 0 Å². The molecule has 0 heterocycles. The minimum absolute atomic E-state index is 0.223. The van der Waals surface area contributed by atoms with E-state index in [0.717, 1.165) is 11.1 Å². The van der Waals surface area contributed by atoms with Crippen LogP contribution in [0.2, 0.25) is 0 Å². The zero-order valence-electron chi connectivity index (χ0n) is 12.5. The maximum atomic E-state index is 11.2. The van der Waals surface area contributed by atoms with E-state index in [1.54, 1.807) is 18.2 Å². The van der Waals surface area contributed by atoms with Crippen LogP contribution in [-0.2, 0) is 6.61 Å². The van der Waals surface area contributed by atoms with Gasteiger partial charge in [0.05, 0.1) is 5.56 Å². The van der Waals surface area contributed by atoms with Crippen LogP contribution in [0.25, 0.3) is 11.1 Å². The summed E-state index contributed by atoms with van der Waals surface area (Å²) >= 11 is 0. The Kier molecular flexibility index (Phi) is 4.39. The molecule has 0 radical (unpaired) electrons. The SMILES string of the molecule is O=C(O)c1ccccc1COc1cccc(-c2ccccc2)c1. The van der Waals surface area contributed by atoms with Gasteiger partial charge in [-0.25, -0.2) is 4.79 Å². The van der Waals surface area contributed by atoms with Crippen LogP contribution in [0.4, 0.5) is 0 Å². The van der Waals surface area contributed by atoms with Crippen molar-refractivity contribution >= 4 is 5.97 Å². The van der Waals surface area contributed by atoms with Crippen molar-refractivity contribution in [1.29, 1.82) is 0 Å². The summed E-state index contributed by atoms with van der Waals surface area (Å²) in [6, 6.07) is 24.7. The predicted octanol–water partition coefficient (Wildman–Crippen LogP) is 4.63. The lowest BCUT2D eigenvalue weighted by Crippen LogP contribution is -2.05. The fraction of sp³-hybridized carbons (Fsp3) is 0.0500. The summed E-state index contributed by atoms with van der Waals surface area (Å²) in [5.74, 6) is -0.228. The minimum Gasteiger partial charge on any atom is -0.489 e. The van der Waals surface area contributed by atoms with Crippen molar-refractivity contribution < 1.29 is 14.6 Å². The lowest BCUT2D eigenvalue weighted by atomic mass is 10.1. The van der Waals surface area contributed by atoms with Gasteiger partial charge in [0.1, 0.15) is 12.4 Å². The third-order valence-corrected chi connectivity index (χ3v) is 3.58. The first-order chi connectivity index (χ1) is 11.2. The van der Waals surface area contributed by atoms with E-state index in [2.05, 4.69) is 0 Å². The van der Waals surface area contributed by atoms with Crippen LogP contribution in [0, 0.1) is 0 Å². The van der Waals surface area contributed by atoms with Crippen LogP contribution < -0.4 is 4.74 Å². The maximum Gasteiger partial charge on any atom is 0.336 e. The molecule has 114 valence electrons. The van der Waals surface area contributed by atoms with E-state index >= 15 is 0 Å². The lowest BCUT2D eigenvalue weighted by molar-refractivity contribution is 0.0694. The largest absolute Gasteiger partial charge is 0.489 e. The molecule has 0 bridgehead atoms. The Balaban J connectivity index is 1.78. The molecule has 3 aromatic carbocycles. The molecular weight excluding hydrogens is 288 g/mol. The number of benzene rings is 3. The summed E-state index contributed by atoms with van der Waals surface area (Å²) < 4.78 is 5.78. The van der Waals surface area contributed by atoms with Crippen molar-refractivity contribution in [3.63, 3.8) is 0 Å². The minimum atomic E-state index is -0.942. The molecule has 0 spiro atoms. The van der Waals surface area contributed by atoms with Crippen molar-refractivity contribution in [3.05, 3.63) is 90.0 Å². The highest BCUT2D eigenvalue weighted by molar-refractivity contribution is 5.89. The third kappa shape index (κ3) is 3.58. The molecule has 0 aliphatic heterocycles.